The van der Waals surface area contributed by atoms with E-state index in [4.69, 9.17) is 16.0 Å². The van der Waals surface area contributed by atoms with Gasteiger partial charge >= 0.3 is 0 Å². The Morgan fingerprint density at radius 2 is 1.90 bits per heavy atom. The van der Waals surface area contributed by atoms with Crippen molar-refractivity contribution < 1.29 is 4.43 Å². The van der Waals surface area contributed by atoms with E-state index < -0.39 is 8.32 Å². The Hall–Kier alpha value is 0.647. The van der Waals surface area contributed by atoms with E-state index in [9.17, 15) is 0 Å². The van der Waals surface area contributed by atoms with E-state index in [2.05, 4.69) is 65.7 Å². The molecule has 1 aromatic carbocycles. The number of hydrogen-bond acceptors (Lipinski definition) is 1. The Labute approximate surface area is 145 Å². The van der Waals surface area contributed by atoms with Crippen LogP contribution in [-0.2, 0) is 4.43 Å². The second-order valence-corrected chi connectivity index (χ2v) is 13.4. The minimum atomic E-state index is -1.81. The molecule has 5 heteroatoms. The zero-order chi connectivity index (χ0) is 15.6. The fourth-order valence-corrected chi connectivity index (χ4v) is 4.08. The molecular weight excluding hydrogens is 420 g/mol. The molecule has 0 heterocycles. The summed E-state index contributed by atoms with van der Waals surface area (Å²) in [6.07, 6.45) is 1.01. The molecule has 0 radical (unpaired) electrons. The summed E-state index contributed by atoms with van der Waals surface area (Å²) in [7, 11) is -1.81. The van der Waals surface area contributed by atoms with Crippen LogP contribution in [0.2, 0.25) is 23.2 Å². The third kappa shape index (κ3) is 4.84. The molecule has 0 fully saturated rings. The fraction of sp³-hybridized carbons (Fsp3) is 0.600. The zero-order valence-electron chi connectivity index (χ0n) is 12.8. The molecule has 0 bridgehead atoms. The van der Waals surface area contributed by atoms with Crippen molar-refractivity contribution in [1.29, 1.82) is 0 Å². The molecule has 0 aromatic heterocycles. The molecule has 1 aromatic rings. The molecule has 0 aliphatic heterocycles. The maximum absolute atomic E-state index is 6.58. The molecule has 0 aliphatic rings. The maximum atomic E-state index is 6.58. The van der Waals surface area contributed by atoms with E-state index >= 15 is 0 Å². The third-order valence-electron chi connectivity index (χ3n) is 3.92. The van der Waals surface area contributed by atoms with E-state index in [-0.39, 0.29) is 11.1 Å². The monoisotopic (exact) mass is 440 g/mol. The number of rotatable bonds is 5. The number of benzene rings is 1. The van der Waals surface area contributed by atoms with Crippen LogP contribution >= 0.6 is 43.5 Å². The van der Waals surface area contributed by atoms with Gasteiger partial charge in [0.1, 0.15) is 0 Å². The van der Waals surface area contributed by atoms with Gasteiger partial charge < -0.3 is 4.43 Å². The standard InChI is InChI=1S/C15H23Br2ClOSi/c1-15(2,3)20(4,5)19-14(8-9-16)12-10-11(18)6-7-13(12)17/h6-7,10,14H,8-9H2,1-5H3. The summed E-state index contributed by atoms with van der Waals surface area (Å²) < 4.78 is 7.65. The molecule has 0 amide bonds. The predicted octanol–water partition coefficient (Wildman–Crippen LogP) is 6.95. The van der Waals surface area contributed by atoms with Crippen LogP contribution in [0.4, 0.5) is 0 Å². The highest BCUT2D eigenvalue weighted by Gasteiger charge is 2.39. The van der Waals surface area contributed by atoms with Gasteiger partial charge in [-0.1, -0.05) is 64.2 Å². The molecule has 0 saturated carbocycles. The van der Waals surface area contributed by atoms with Gasteiger partial charge in [0.2, 0.25) is 0 Å². The molecular formula is C15H23Br2ClOSi. The summed E-state index contributed by atoms with van der Waals surface area (Å²) in [5, 5.41) is 1.86. The highest BCUT2D eigenvalue weighted by atomic mass is 79.9. The largest absolute Gasteiger partial charge is 0.410 e. The zero-order valence-corrected chi connectivity index (χ0v) is 17.7. The maximum Gasteiger partial charge on any atom is 0.192 e. The summed E-state index contributed by atoms with van der Waals surface area (Å²) in [6, 6.07) is 5.90. The summed E-state index contributed by atoms with van der Waals surface area (Å²) in [5.74, 6) is 0. The van der Waals surface area contributed by atoms with E-state index in [1.165, 1.54) is 0 Å². The Kier molecular flexibility index (Phi) is 6.80. The smallest absolute Gasteiger partial charge is 0.192 e. The van der Waals surface area contributed by atoms with Crippen molar-refractivity contribution in [3.63, 3.8) is 0 Å². The van der Waals surface area contributed by atoms with Crippen molar-refractivity contribution in [2.75, 3.05) is 5.33 Å². The Morgan fingerprint density at radius 3 is 2.40 bits per heavy atom. The number of alkyl halides is 1. The van der Waals surface area contributed by atoms with Crippen LogP contribution in [0.5, 0.6) is 0 Å². The number of hydrogen-bond donors (Lipinski definition) is 0. The molecule has 1 atom stereocenters. The summed E-state index contributed by atoms with van der Waals surface area (Å²) in [5.41, 5.74) is 1.14. The molecule has 0 saturated heterocycles. The topological polar surface area (TPSA) is 9.23 Å². The minimum Gasteiger partial charge on any atom is -0.410 e. The second-order valence-electron chi connectivity index (χ2n) is 6.51. The van der Waals surface area contributed by atoms with Crippen molar-refractivity contribution in [2.45, 2.75) is 51.4 Å². The lowest BCUT2D eigenvalue weighted by Gasteiger charge is -2.39. The van der Waals surface area contributed by atoms with Gasteiger partial charge in [0.25, 0.3) is 0 Å². The van der Waals surface area contributed by atoms with Gasteiger partial charge in [0, 0.05) is 14.8 Å². The van der Waals surface area contributed by atoms with Crippen molar-refractivity contribution in [2.24, 2.45) is 0 Å². The first-order valence-electron chi connectivity index (χ1n) is 6.77. The number of halogens is 3. The quantitative estimate of drug-likeness (QED) is 0.354. The molecule has 1 rings (SSSR count). The molecule has 0 spiro atoms. The Bertz CT molecular complexity index is 458. The molecule has 0 aliphatic carbocycles. The van der Waals surface area contributed by atoms with E-state index in [1.54, 1.807) is 0 Å². The Morgan fingerprint density at radius 1 is 1.30 bits per heavy atom. The van der Waals surface area contributed by atoms with Gasteiger partial charge in [-0.15, -0.1) is 0 Å². The Balaban J connectivity index is 3.09. The van der Waals surface area contributed by atoms with Gasteiger partial charge in [-0.3, -0.25) is 0 Å². The SMILES string of the molecule is CC(C)(C)[Si](C)(C)OC(CCBr)c1cc(Cl)ccc1Br. The normalized spacial score (nSPS) is 14.4. The van der Waals surface area contributed by atoms with Crippen LogP contribution in [0.1, 0.15) is 38.9 Å². The van der Waals surface area contributed by atoms with Gasteiger partial charge in [0.15, 0.2) is 8.32 Å². The van der Waals surface area contributed by atoms with Crippen molar-refractivity contribution >= 4 is 51.8 Å². The highest BCUT2D eigenvalue weighted by Crippen LogP contribution is 2.42. The van der Waals surface area contributed by atoms with E-state index in [1.807, 2.05) is 18.2 Å². The van der Waals surface area contributed by atoms with Gasteiger partial charge in [0.05, 0.1) is 6.10 Å². The lowest BCUT2D eigenvalue weighted by Crippen LogP contribution is -2.42. The van der Waals surface area contributed by atoms with E-state index in [0.29, 0.717) is 0 Å². The minimum absolute atomic E-state index is 0.0725. The van der Waals surface area contributed by atoms with Gasteiger partial charge in [-0.2, -0.15) is 0 Å². The molecule has 114 valence electrons. The van der Waals surface area contributed by atoms with Crippen LogP contribution in [0.25, 0.3) is 0 Å². The average molecular weight is 443 g/mol. The highest BCUT2D eigenvalue weighted by molar-refractivity contribution is 9.10. The second kappa shape index (κ2) is 7.27. The fourth-order valence-electron chi connectivity index (χ4n) is 1.67. The van der Waals surface area contributed by atoms with Crippen LogP contribution in [0, 0.1) is 0 Å². The summed E-state index contributed by atoms with van der Waals surface area (Å²) in [6.45, 7) is 11.4. The van der Waals surface area contributed by atoms with Crippen LogP contribution in [0.3, 0.4) is 0 Å². The summed E-state index contributed by atoms with van der Waals surface area (Å²) in [4.78, 5) is 0. The van der Waals surface area contributed by atoms with Gasteiger partial charge in [-0.25, -0.2) is 0 Å². The first kappa shape index (κ1) is 18.7. The van der Waals surface area contributed by atoms with Crippen molar-refractivity contribution in [3.8, 4) is 0 Å². The lowest BCUT2D eigenvalue weighted by molar-refractivity contribution is 0.180. The third-order valence-corrected chi connectivity index (χ3v) is 9.82. The van der Waals surface area contributed by atoms with Crippen LogP contribution < -0.4 is 0 Å². The molecule has 0 N–H and O–H groups in total. The lowest BCUT2D eigenvalue weighted by atomic mass is 10.1. The molecule has 1 unspecified atom stereocenters. The molecule has 20 heavy (non-hydrogen) atoms. The first-order chi connectivity index (χ1) is 9.08. The first-order valence-corrected chi connectivity index (χ1v) is 12.0. The summed E-state index contributed by atoms with van der Waals surface area (Å²) >= 11 is 13.3. The average Bonchev–Trinajstić information content (AvgIpc) is 2.30. The van der Waals surface area contributed by atoms with Gasteiger partial charge in [-0.05, 0) is 48.3 Å². The van der Waals surface area contributed by atoms with Crippen molar-refractivity contribution in [3.05, 3.63) is 33.3 Å². The van der Waals surface area contributed by atoms with Crippen LogP contribution in [0.15, 0.2) is 22.7 Å². The van der Waals surface area contributed by atoms with Crippen LogP contribution in [-0.4, -0.2) is 13.6 Å². The molecule has 1 nitrogen and oxygen atoms in total. The van der Waals surface area contributed by atoms with Crippen molar-refractivity contribution in [1.82, 2.24) is 0 Å². The predicted molar refractivity (Wildman–Crippen MR) is 98.6 cm³/mol. The van der Waals surface area contributed by atoms with E-state index in [0.717, 1.165) is 26.8 Å².